The molecular formula is C19H20FN3O4. The first-order valence-corrected chi connectivity index (χ1v) is 8.16. The number of nitro groups is 1. The summed E-state index contributed by atoms with van der Waals surface area (Å²) in [5.74, 6) is -0.488. The third kappa shape index (κ3) is 6.52. The van der Waals surface area contributed by atoms with Crippen LogP contribution >= 0.6 is 0 Å². The van der Waals surface area contributed by atoms with Gasteiger partial charge in [0.25, 0.3) is 5.69 Å². The molecule has 0 spiro atoms. The van der Waals surface area contributed by atoms with E-state index in [-0.39, 0.29) is 5.56 Å². The largest absolute Gasteiger partial charge is 0.492 e. The van der Waals surface area contributed by atoms with Crippen LogP contribution < -0.4 is 10.1 Å². The molecule has 2 aromatic carbocycles. The van der Waals surface area contributed by atoms with Gasteiger partial charge in [0.2, 0.25) is 5.91 Å². The van der Waals surface area contributed by atoms with E-state index in [9.17, 15) is 19.3 Å². The van der Waals surface area contributed by atoms with Crippen LogP contribution in [0.15, 0.2) is 48.5 Å². The molecule has 0 saturated heterocycles. The number of likely N-dealkylation sites (N-methyl/N-ethyl adjacent to an activating group) is 1. The van der Waals surface area contributed by atoms with Crippen LogP contribution in [0.5, 0.6) is 5.75 Å². The van der Waals surface area contributed by atoms with Gasteiger partial charge in [-0.25, -0.2) is 4.39 Å². The van der Waals surface area contributed by atoms with E-state index in [2.05, 4.69) is 5.32 Å². The van der Waals surface area contributed by atoms with Crippen molar-refractivity contribution in [3.63, 3.8) is 0 Å². The molecule has 0 aliphatic carbocycles. The van der Waals surface area contributed by atoms with Crippen LogP contribution in [0.25, 0.3) is 6.08 Å². The van der Waals surface area contributed by atoms with E-state index < -0.39 is 22.3 Å². The van der Waals surface area contributed by atoms with Crippen molar-refractivity contribution in [2.75, 3.05) is 32.6 Å². The summed E-state index contributed by atoms with van der Waals surface area (Å²) in [7, 11) is 3.91. The standard InChI is InChI=1S/C19H20FN3O4/c1-22(2)11-12-27-17-8-6-16(7-9-17)21-19(24)10-4-14-3-5-15(20)13-18(14)23(25)26/h3-10,13H,11-12H2,1-2H3,(H,21,24). The van der Waals surface area contributed by atoms with E-state index in [0.717, 1.165) is 24.8 Å². The summed E-state index contributed by atoms with van der Waals surface area (Å²) in [4.78, 5) is 24.2. The van der Waals surface area contributed by atoms with E-state index in [1.54, 1.807) is 24.3 Å². The van der Waals surface area contributed by atoms with Crippen LogP contribution in [0.2, 0.25) is 0 Å². The van der Waals surface area contributed by atoms with E-state index in [1.165, 1.54) is 12.1 Å². The zero-order chi connectivity index (χ0) is 19.8. The van der Waals surface area contributed by atoms with Gasteiger partial charge in [0.1, 0.15) is 18.2 Å². The van der Waals surface area contributed by atoms with Crippen LogP contribution in [-0.4, -0.2) is 43.0 Å². The lowest BCUT2D eigenvalue weighted by atomic mass is 10.1. The molecule has 2 aromatic rings. The maximum Gasteiger partial charge on any atom is 0.279 e. The average Bonchev–Trinajstić information content (AvgIpc) is 2.61. The molecule has 8 heteroatoms. The summed E-state index contributed by atoms with van der Waals surface area (Å²) in [6.07, 6.45) is 2.42. The van der Waals surface area contributed by atoms with E-state index in [1.807, 2.05) is 19.0 Å². The Morgan fingerprint density at radius 1 is 1.26 bits per heavy atom. The van der Waals surface area contributed by atoms with Crippen LogP contribution in [0.4, 0.5) is 15.8 Å². The van der Waals surface area contributed by atoms with E-state index in [4.69, 9.17) is 4.74 Å². The van der Waals surface area contributed by atoms with E-state index >= 15 is 0 Å². The van der Waals surface area contributed by atoms with Crippen LogP contribution in [0.3, 0.4) is 0 Å². The molecule has 0 aliphatic rings. The summed E-state index contributed by atoms with van der Waals surface area (Å²) >= 11 is 0. The minimum atomic E-state index is -0.712. The Morgan fingerprint density at radius 2 is 1.96 bits per heavy atom. The molecule has 0 atom stereocenters. The zero-order valence-corrected chi connectivity index (χ0v) is 15.0. The van der Waals surface area contributed by atoms with Gasteiger partial charge in [0, 0.05) is 18.3 Å². The molecule has 0 unspecified atom stereocenters. The molecule has 0 saturated carbocycles. The van der Waals surface area contributed by atoms with Gasteiger partial charge in [-0.1, -0.05) is 0 Å². The molecular weight excluding hydrogens is 353 g/mol. The third-order valence-corrected chi connectivity index (χ3v) is 3.53. The van der Waals surface area contributed by atoms with Gasteiger partial charge >= 0.3 is 0 Å². The molecule has 27 heavy (non-hydrogen) atoms. The van der Waals surface area contributed by atoms with Crippen molar-refractivity contribution in [3.8, 4) is 5.75 Å². The Balaban J connectivity index is 1.96. The summed E-state index contributed by atoms with van der Waals surface area (Å²) in [6, 6.07) is 10.0. The average molecular weight is 373 g/mol. The van der Waals surface area contributed by atoms with Crippen LogP contribution in [-0.2, 0) is 4.79 Å². The van der Waals surface area contributed by atoms with Crippen molar-refractivity contribution in [3.05, 3.63) is 70.0 Å². The van der Waals surface area contributed by atoms with Gasteiger partial charge < -0.3 is 15.0 Å². The number of amides is 1. The molecule has 0 radical (unpaired) electrons. The summed E-state index contributed by atoms with van der Waals surface area (Å²) < 4.78 is 18.7. The van der Waals surface area contributed by atoms with Gasteiger partial charge in [-0.2, -0.15) is 0 Å². The van der Waals surface area contributed by atoms with Gasteiger partial charge in [-0.3, -0.25) is 14.9 Å². The predicted octanol–water partition coefficient (Wildman–Crippen LogP) is 3.33. The van der Waals surface area contributed by atoms with Gasteiger partial charge in [-0.05, 0) is 56.6 Å². The fourth-order valence-electron chi connectivity index (χ4n) is 2.15. The normalized spacial score (nSPS) is 11.0. The van der Waals surface area contributed by atoms with Gasteiger partial charge in [0.05, 0.1) is 16.6 Å². The molecule has 1 amide bonds. The molecule has 0 aromatic heterocycles. The quantitative estimate of drug-likeness (QED) is 0.436. The Hall–Kier alpha value is -3.26. The predicted molar refractivity (Wildman–Crippen MR) is 101 cm³/mol. The number of hydrogen-bond acceptors (Lipinski definition) is 5. The maximum atomic E-state index is 13.1. The highest BCUT2D eigenvalue weighted by molar-refractivity contribution is 6.02. The number of rotatable bonds is 8. The first-order chi connectivity index (χ1) is 12.8. The summed E-state index contributed by atoms with van der Waals surface area (Å²) in [5.41, 5.74) is 0.290. The second-order valence-electron chi connectivity index (χ2n) is 5.96. The van der Waals surface area contributed by atoms with Crippen molar-refractivity contribution >= 4 is 23.4 Å². The minimum Gasteiger partial charge on any atom is -0.492 e. The first kappa shape index (κ1) is 20.1. The minimum absolute atomic E-state index is 0.140. The van der Waals surface area contributed by atoms with Gasteiger partial charge in [-0.15, -0.1) is 0 Å². The monoisotopic (exact) mass is 373 g/mol. The maximum absolute atomic E-state index is 13.1. The third-order valence-electron chi connectivity index (χ3n) is 3.53. The fourth-order valence-corrected chi connectivity index (χ4v) is 2.15. The molecule has 142 valence electrons. The SMILES string of the molecule is CN(C)CCOc1ccc(NC(=O)C=Cc2ccc(F)cc2[N+](=O)[O-])cc1. The molecule has 7 nitrogen and oxygen atoms in total. The number of hydrogen-bond donors (Lipinski definition) is 1. The van der Waals surface area contributed by atoms with Crippen LogP contribution in [0.1, 0.15) is 5.56 Å². The fraction of sp³-hybridized carbons (Fsp3) is 0.211. The number of benzene rings is 2. The van der Waals surface area contributed by atoms with Crippen molar-refractivity contribution in [1.29, 1.82) is 0 Å². The molecule has 0 aliphatic heterocycles. The topological polar surface area (TPSA) is 84.7 Å². The van der Waals surface area contributed by atoms with Crippen molar-refractivity contribution in [2.45, 2.75) is 0 Å². The highest BCUT2D eigenvalue weighted by atomic mass is 19.1. The number of anilines is 1. The smallest absolute Gasteiger partial charge is 0.279 e. The second kappa shape index (κ2) is 9.44. The van der Waals surface area contributed by atoms with Gasteiger partial charge in [0.15, 0.2) is 0 Å². The Labute approximate surface area is 156 Å². The zero-order valence-electron chi connectivity index (χ0n) is 15.0. The Kier molecular flexibility index (Phi) is 7.01. The van der Waals surface area contributed by atoms with Crippen molar-refractivity contribution in [1.82, 2.24) is 4.90 Å². The lowest BCUT2D eigenvalue weighted by Gasteiger charge is -2.11. The number of nitrogens with zero attached hydrogens (tertiary/aromatic N) is 2. The van der Waals surface area contributed by atoms with Crippen molar-refractivity contribution in [2.24, 2.45) is 0 Å². The number of halogens is 1. The molecule has 2 rings (SSSR count). The highest BCUT2D eigenvalue weighted by Gasteiger charge is 2.12. The summed E-state index contributed by atoms with van der Waals surface area (Å²) in [6.45, 7) is 1.34. The number of carbonyl (C=O) groups is 1. The van der Waals surface area contributed by atoms with Crippen molar-refractivity contribution < 1.29 is 18.8 Å². The molecule has 0 bridgehead atoms. The number of carbonyl (C=O) groups excluding carboxylic acids is 1. The number of nitrogens with one attached hydrogen (secondary N) is 1. The van der Waals surface area contributed by atoms with E-state index in [0.29, 0.717) is 18.0 Å². The van der Waals surface area contributed by atoms with Crippen LogP contribution in [0, 0.1) is 15.9 Å². The number of ether oxygens (including phenoxy) is 1. The number of nitro benzene ring substituents is 1. The first-order valence-electron chi connectivity index (χ1n) is 8.16. The molecule has 0 heterocycles. The highest BCUT2D eigenvalue weighted by Crippen LogP contribution is 2.21. The Morgan fingerprint density at radius 3 is 2.59 bits per heavy atom. The molecule has 0 fully saturated rings. The lowest BCUT2D eigenvalue weighted by Crippen LogP contribution is -2.19. The second-order valence-corrected chi connectivity index (χ2v) is 5.96. The lowest BCUT2D eigenvalue weighted by molar-refractivity contribution is -0.385. The molecule has 1 N–H and O–H groups in total. The summed E-state index contributed by atoms with van der Waals surface area (Å²) in [5, 5.41) is 13.6. The Bertz CT molecular complexity index is 835.